The van der Waals surface area contributed by atoms with E-state index in [1.165, 1.54) is 0 Å². The number of hydrogen-bond donors (Lipinski definition) is 0. The minimum Gasteiger partial charge on any atom is -0.354 e. The Morgan fingerprint density at radius 3 is 2.19 bits per heavy atom. The molecule has 3 aromatic rings. The van der Waals surface area contributed by atoms with Crippen LogP contribution in [0.4, 0.5) is 14.6 Å². The Balaban J connectivity index is 1.54. The van der Waals surface area contributed by atoms with Crippen molar-refractivity contribution in [2.24, 2.45) is 0 Å². The fraction of sp³-hybridized carbons (Fsp3) is 0.211. The topological polar surface area (TPSA) is 53.5 Å². The first kappa shape index (κ1) is 17.8. The van der Waals surface area contributed by atoms with Gasteiger partial charge in [-0.05, 0) is 30.3 Å². The number of anilines is 1. The molecule has 1 fully saturated rings. The van der Waals surface area contributed by atoms with E-state index in [0.717, 1.165) is 39.2 Å². The molecule has 0 bridgehead atoms. The van der Waals surface area contributed by atoms with Crippen molar-refractivity contribution in [1.82, 2.24) is 9.29 Å². The molecule has 1 saturated heterocycles. The summed E-state index contributed by atoms with van der Waals surface area (Å²) in [5.41, 5.74) is 0.860. The SMILES string of the molecule is O=S(=O)(c1c(F)cccc1F)N1CCN(c2ccc3ccccc3n2)CC1. The minimum atomic E-state index is -4.23. The van der Waals surface area contributed by atoms with Crippen molar-refractivity contribution in [3.63, 3.8) is 0 Å². The zero-order valence-electron chi connectivity index (χ0n) is 14.3. The highest BCUT2D eigenvalue weighted by atomic mass is 32.2. The quantitative estimate of drug-likeness (QED) is 0.691. The molecule has 0 radical (unpaired) electrons. The van der Waals surface area contributed by atoms with Crippen molar-refractivity contribution in [3.8, 4) is 0 Å². The van der Waals surface area contributed by atoms with Crippen LogP contribution in [0.25, 0.3) is 10.9 Å². The summed E-state index contributed by atoms with van der Waals surface area (Å²) < 4.78 is 54.3. The average molecular weight is 389 g/mol. The Kier molecular flexibility index (Phi) is 4.53. The molecule has 0 N–H and O–H groups in total. The largest absolute Gasteiger partial charge is 0.354 e. The molecule has 0 saturated carbocycles. The van der Waals surface area contributed by atoms with Crippen molar-refractivity contribution < 1.29 is 17.2 Å². The second-order valence-electron chi connectivity index (χ2n) is 6.30. The molecule has 27 heavy (non-hydrogen) atoms. The standard InChI is InChI=1S/C19H17F2N3O2S/c20-15-5-3-6-16(21)19(15)27(25,26)24-12-10-23(11-13-24)18-9-8-14-4-1-2-7-17(14)22-18/h1-9H,10-13H2. The van der Waals surface area contributed by atoms with E-state index in [4.69, 9.17) is 0 Å². The number of pyridine rings is 1. The summed E-state index contributed by atoms with van der Waals surface area (Å²) in [5, 5.41) is 1.03. The maximum atomic E-state index is 13.9. The van der Waals surface area contributed by atoms with Crippen LogP contribution in [0.3, 0.4) is 0 Å². The lowest BCUT2D eigenvalue weighted by molar-refractivity contribution is 0.377. The lowest BCUT2D eigenvalue weighted by Gasteiger charge is -2.34. The molecule has 0 spiro atoms. The number of para-hydroxylation sites is 1. The van der Waals surface area contributed by atoms with Crippen LogP contribution in [0.15, 0.2) is 59.5 Å². The number of rotatable bonds is 3. The van der Waals surface area contributed by atoms with Gasteiger partial charge in [0.25, 0.3) is 0 Å². The number of fused-ring (bicyclic) bond motifs is 1. The fourth-order valence-corrected chi connectivity index (χ4v) is 4.78. The normalized spacial score (nSPS) is 16.0. The van der Waals surface area contributed by atoms with Crippen molar-refractivity contribution in [2.75, 3.05) is 31.1 Å². The Morgan fingerprint density at radius 2 is 1.48 bits per heavy atom. The number of aromatic nitrogens is 1. The summed E-state index contributed by atoms with van der Waals surface area (Å²) >= 11 is 0. The van der Waals surface area contributed by atoms with Gasteiger partial charge in [0, 0.05) is 31.6 Å². The molecule has 2 heterocycles. The number of nitrogens with zero attached hydrogens (tertiary/aromatic N) is 3. The van der Waals surface area contributed by atoms with E-state index in [1.807, 2.05) is 41.3 Å². The van der Waals surface area contributed by atoms with E-state index in [0.29, 0.717) is 13.1 Å². The summed E-state index contributed by atoms with van der Waals surface area (Å²) in [6, 6.07) is 14.6. The molecular formula is C19H17F2N3O2S. The number of sulfonamides is 1. The molecule has 1 aromatic heterocycles. The lowest BCUT2D eigenvalue weighted by Crippen LogP contribution is -2.49. The molecule has 140 valence electrons. The van der Waals surface area contributed by atoms with Gasteiger partial charge in [0.15, 0.2) is 4.90 Å². The zero-order chi connectivity index (χ0) is 19.0. The third-order valence-corrected chi connectivity index (χ3v) is 6.61. The van der Waals surface area contributed by atoms with Crippen molar-refractivity contribution >= 4 is 26.7 Å². The van der Waals surface area contributed by atoms with Gasteiger partial charge in [-0.1, -0.05) is 24.3 Å². The molecular weight excluding hydrogens is 372 g/mol. The van der Waals surface area contributed by atoms with E-state index < -0.39 is 26.6 Å². The number of benzene rings is 2. The summed E-state index contributed by atoms with van der Waals surface area (Å²) in [6.45, 7) is 1.04. The molecule has 1 aliphatic rings. The molecule has 5 nitrogen and oxygen atoms in total. The molecule has 4 rings (SSSR count). The van der Waals surface area contributed by atoms with Gasteiger partial charge in [0.05, 0.1) is 5.52 Å². The van der Waals surface area contributed by atoms with E-state index in [1.54, 1.807) is 0 Å². The molecule has 0 amide bonds. The average Bonchev–Trinajstić information content (AvgIpc) is 2.67. The molecule has 0 aliphatic carbocycles. The predicted molar refractivity (Wildman–Crippen MR) is 99.1 cm³/mol. The zero-order valence-corrected chi connectivity index (χ0v) is 15.2. The molecule has 1 aliphatic heterocycles. The van der Waals surface area contributed by atoms with Gasteiger partial charge < -0.3 is 4.90 Å². The number of piperazine rings is 1. The van der Waals surface area contributed by atoms with Crippen LogP contribution >= 0.6 is 0 Å². The first-order chi connectivity index (χ1) is 13.0. The van der Waals surface area contributed by atoms with Gasteiger partial charge >= 0.3 is 0 Å². The fourth-order valence-electron chi connectivity index (χ4n) is 3.25. The Hall–Kier alpha value is -2.58. The second kappa shape index (κ2) is 6.86. The third-order valence-electron chi connectivity index (χ3n) is 4.66. The molecule has 2 aromatic carbocycles. The first-order valence-electron chi connectivity index (χ1n) is 8.52. The smallest absolute Gasteiger partial charge is 0.249 e. The monoisotopic (exact) mass is 389 g/mol. The van der Waals surface area contributed by atoms with Crippen LogP contribution in [-0.4, -0.2) is 43.9 Å². The number of halogens is 2. The summed E-state index contributed by atoms with van der Waals surface area (Å²) in [7, 11) is -4.23. The van der Waals surface area contributed by atoms with Crippen LogP contribution in [-0.2, 0) is 10.0 Å². The highest BCUT2D eigenvalue weighted by molar-refractivity contribution is 7.89. The van der Waals surface area contributed by atoms with Crippen LogP contribution in [0, 0.1) is 11.6 Å². The highest BCUT2D eigenvalue weighted by Crippen LogP contribution is 2.25. The summed E-state index contributed by atoms with van der Waals surface area (Å²) in [6.07, 6.45) is 0. The molecule has 8 heteroatoms. The third kappa shape index (κ3) is 3.26. The van der Waals surface area contributed by atoms with E-state index >= 15 is 0 Å². The van der Waals surface area contributed by atoms with Gasteiger partial charge in [0.1, 0.15) is 17.5 Å². The lowest BCUT2D eigenvalue weighted by atomic mass is 10.2. The van der Waals surface area contributed by atoms with Crippen LogP contribution in [0.5, 0.6) is 0 Å². The Labute approximate surface area is 155 Å². The minimum absolute atomic E-state index is 0.130. The van der Waals surface area contributed by atoms with Crippen LogP contribution in [0.2, 0.25) is 0 Å². The highest BCUT2D eigenvalue weighted by Gasteiger charge is 2.33. The number of hydrogen-bond acceptors (Lipinski definition) is 4. The van der Waals surface area contributed by atoms with Crippen molar-refractivity contribution in [2.45, 2.75) is 4.90 Å². The van der Waals surface area contributed by atoms with Gasteiger partial charge in [0.2, 0.25) is 10.0 Å². The van der Waals surface area contributed by atoms with Crippen LogP contribution < -0.4 is 4.90 Å². The van der Waals surface area contributed by atoms with Crippen molar-refractivity contribution in [3.05, 3.63) is 66.2 Å². The van der Waals surface area contributed by atoms with Gasteiger partial charge in [-0.25, -0.2) is 22.2 Å². The second-order valence-corrected chi connectivity index (χ2v) is 8.18. The van der Waals surface area contributed by atoms with Gasteiger partial charge in [-0.2, -0.15) is 4.31 Å². The first-order valence-corrected chi connectivity index (χ1v) is 9.96. The van der Waals surface area contributed by atoms with Crippen molar-refractivity contribution in [1.29, 1.82) is 0 Å². The Morgan fingerprint density at radius 1 is 0.815 bits per heavy atom. The van der Waals surface area contributed by atoms with Gasteiger partial charge in [-0.3, -0.25) is 0 Å². The predicted octanol–water partition coefficient (Wildman–Crippen LogP) is 3.02. The molecule has 0 unspecified atom stereocenters. The maximum Gasteiger partial charge on any atom is 0.249 e. The summed E-state index contributed by atoms with van der Waals surface area (Å²) in [5.74, 6) is -1.40. The van der Waals surface area contributed by atoms with E-state index in [9.17, 15) is 17.2 Å². The van der Waals surface area contributed by atoms with Crippen LogP contribution in [0.1, 0.15) is 0 Å². The maximum absolute atomic E-state index is 13.9. The van der Waals surface area contributed by atoms with Gasteiger partial charge in [-0.15, -0.1) is 0 Å². The summed E-state index contributed by atoms with van der Waals surface area (Å²) in [4.78, 5) is 5.69. The molecule has 0 atom stereocenters. The van der Waals surface area contributed by atoms with E-state index in [-0.39, 0.29) is 13.1 Å². The Bertz CT molecular complexity index is 1080. The van der Waals surface area contributed by atoms with E-state index in [2.05, 4.69) is 4.98 Å².